The first-order chi connectivity index (χ1) is 15.4. The number of carbonyl (C=O) groups is 3. The van der Waals surface area contributed by atoms with Gasteiger partial charge in [-0.1, -0.05) is 30.3 Å². The van der Waals surface area contributed by atoms with Gasteiger partial charge in [-0.05, 0) is 48.9 Å². The number of nitrogens with one attached hydrogen (secondary N) is 2. The van der Waals surface area contributed by atoms with E-state index in [1.54, 1.807) is 13.1 Å². The molecule has 1 aliphatic rings. The third-order valence-corrected chi connectivity index (χ3v) is 5.91. The first-order valence-electron chi connectivity index (χ1n) is 10.9. The van der Waals surface area contributed by atoms with Crippen molar-refractivity contribution in [2.75, 3.05) is 5.32 Å². The zero-order valence-electron chi connectivity index (χ0n) is 18.4. The number of benzene rings is 1. The number of fused-ring (bicyclic) bond motifs is 1. The molecule has 2 aromatic heterocycles. The lowest BCUT2D eigenvalue weighted by Gasteiger charge is -2.21. The summed E-state index contributed by atoms with van der Waals surface area (Å²) < 4.78 is 0. The molecule has 164 valence electrons. The molecule has 1 amide bonds. The minimum absolute atomic E-state index is 0.129. The van der Waals surface area contributed by atoms with Crippen LogP contribution in [0, 0.1) is 5.92 Å². The highest BCUT2D eigenvalue weighted by atomic mass is 16.1. The summed E-state index contributed by atoms with van der Waals surface area (Å²) in [5, 5.41) is 2.73. The van der Waals surface area contributed by atoms with Crippen LogP contribution in [0.1, 0.15) is 60.3 Å². The average molecular weight is 430 g/mol. The number of hydrogen-bond acceptors (Lipinski definition) is 4. The van der Waals surface area contributed by atoms with Crippen molar-refractivity contribution in [3.63, 3.8) is 0 Å². The van der Waals surface area contributed by atoms with Crippen LogP contribution in [0.4, 0.5) is 5.82 Å². The number of amides is 1. The molecule has 0 radical (unpaired) electrons. The van der Waals surface area contributed by atoms with Gasteiger partial charge < -0.3 is 15.1 Å². The van der Waals surface area contributed by atoms with E-state index < -0.39 is 0 Å². The quantitative estimate of drug-likeness (QED) is 0.567. The molecule has 6 heteroatoms. The molecule has 3 aromatic rings. The second-order valence-corrected chi connectivity index (χ2v) is 8.54. The minimum Gasteiger partial charge on any atom is -0.358 e. The number of hydrogen-bond donors (Lipinski definition) is 2. The zero-order valence-corrected chi connectivity index (χ0v) is 18.4. The first-order valence-corrected chi connectivity index (χ1v) is 10.9. The highest BCUT2D eigenvalue weighted by Gasteiger charge is 2.31. The third-order valence-electron chi connectivity index (χ3n) is 5.91. The summed E-state index contributed by atoms with van der Waals surface area (Å²) >= 11 is 0. The molecular weight excluding hydrogens is 402 g/mol. The number of H-pyrrole nitrogens is 1. The van der Waals surface area contributed by atoms with Gasteiger partial charge in [-0.15, -0.1) is 0 Å². The molecule has 0 aliphatic heterocycles. The molecule has 2 heterocycles. The molecule has 0 spiro atoms. The number of ketones is 2. The monoisotopic (exact) mass is 429 g/mol. The Balaban J connectivity index is 1.76. The largest absolute Gasteiger partial charge is 0.358 e. The molecule has 2 N–H and O–H groups in total. The number of aromatic amines is 1. The molecule has 6 nitrogen and oxygen atoms in total. The number of rotatable bonds is 7. The van der Waals surface area contributed by atoms with E-state index in [2.05, 4.69) is 27.4 Å². The van der Waals surface area contributed by atoms with Gasteiger partial charge in [-0.25, -0.2) is 4.98 Å². The van der Waals surface area contributed by atoms with Crippen molar-refractivity contribution < 1.29 is 14.4 Å². The van der Waals surface area contributed by atoms with E-state index in [0.29, 0.717) is 25.1 Å². The van der Waals surface area contributed by atoms with Crippen LogP contribution in [0.25, 0.3) is 11.3 Å². The van der Waals surface area contributed by atoms with Crippen molar-refractivity contribution in [3.8, 4) is 11.3 Å². The predicted octanol–water partition coefficient (Wildman–Crippen LogP) is 4.74. The van der Waals surface area contributed by atoms with E-state index in [1.807, 2.05) is 30.3 Å². The Labute approximate surface area is 187 Å². The lowest BCUT2D eigenvalue weighted by atomic mass is 9.81. The number of carbonyl (C=O) groups excluding carboxylic acids is 3. The maximum absolute atomic E-state index is 13.2. The summed E-state index contributed by atoms with van der Waals surface area (Å²) in [6.07, 6.45) is 4.73. The topological polar surface area (TPSA) is 91.9 Å². The van der Waals surface area contributed by atoms with Gasteiger partial charge in [0.1, 0.15) is 11.6 Å². The SMILES string of the molecule is CC(=O)CCC1CC(=O)c2c([nH]c(-c3ccnc(NC(C)=O)c3)c2Cc2ccccc2)C1. The molecule has 0 saturated carbocycles. The van der Waals surface area contributed by atoms with Gasteiger partial charge in [0.25, 0.3) is 0 Å². The molecule has 0 bridgehead atoms. The molecule has 4 rings (SSSR count). The lowest BCUT2D eigenvalue weighted by molar-refractivity contribution is -0.117. The van der Waals surface area contributed by atoms with Crippen molar-refractivity contribution >= 4 is 23.3 Å². The summed E-state index contributed by atoms with van der Waals surface area (Å²) in [6, 6.07) is 13.8. The molecule has 1 aliphatic carbocycles. The van der Waals surface area contributed by atoms with Crippen LogP contribution < -0.4 is 5.32 Å². The fraction of sp³-hybridized carbons (Fsp3) is 0.308. The summed E-state index contributed by atoms with van der Waals surface area (Å²) in [5.41, 5.74) is 5.57. The predicted molar refractivity (Wildman–Crippen MR) is 124 cm³/mol. The Hall–Kier alpha value is -3.54. The Morgan fingerprint density at radius 1 is 1.12 bits per heavy atom. The van der Waals surface area contributed by atoms with E-state index in [4.69, 9.17) is 0 Å². The van der Waals surface area contributed by atoms with E-state index in [0.717, 1.165) is 46.5 Å². The van der Waals surface area contributed by atoms with Gasteiger partial charge in [0.05, 0.1) is 5.69 Å². The van der Waals surface area contributed by atoms with Crippen molar-refractivity contribution in [1.82, 2.24) is 9.97 Å². The van der Waals surface area contributed by atoms with Gasteiger partial charge in [0.15, 0.2) is 5.78 Å². The van der Waals surface area contributed by atoms with Crippen molar-refractivity contribution in [2.45, 2.75) is 46.0 Å². The number of nitrogens with zero attached hydrogens (tertiary/aromatic N) is 1. The number of anilines is 1. The molecular formula is C26H27N3O3. The third kappa shape index (κ3) is 4.85. The fourth-order valence-corrected chi connectivity index (χ4v) is 4.48. The Morgan fingerprint density at radius 3 is 2.62 bits per heavy atom. The van der Waals surface area contributed by atoms with E-state index in [1.165, 1.54) is 6.92 Å². The van der Waals surface area contributed by atoms with E-state index in [9.17, 15) is 14.4 Å². The second kappa shape index (κ2) is 9.30. The van der Waals surface area contributed by atoms with Gasteiger partial charge in [-0.3, -0.25) is 9.59 Å². The zero-order chi connectivity index (χ0) is 22.7. The van der Waals surface area contributed by atoms with Crippen LogP contribution in [-0.2, 0) is 22.4 Å². The van der Waals surface area contributed by atoms with E-state index >= 15 is 0 Å². The Kier molecular flexibility index (Phi) is 6.30. The molecule has 0 fully saturated rings. The Morgan fingerprint density at radius 2 is 1.91 bits per heavy atom. The number of pyridine rings is 1. The Bertz CT molecular complexity index is 1160. The maximum atomic E-state index is 13.2. The summed E-state index contributed by atoms with van der Waals surface area (Å²) in [7, 11) is 0. The minimum atomic E-state index is -0.187. The van der Waals surface area contributed by atoms with Crippen molar-refractivity contribution in [1.29, 1.82) is 0 Å². The van der Waals surface area contributed by atoms with E-state index in [-0.39, 0.29) is 23.4 Å². The van der Waals surface area contributed by atoms with Gasteiger partial charge in [-0.2, -0.15) is 0 Å². The normalized spacial score (nSPS) is 15.3. The van der Waals surface area contributed by atoms with Crippen LogP contribution in [0.5, 0.6) is 0 Å². The van der Waals surface area contributed by atoms with Gasteiger partial charge in [0.2, 0.25) is 5.91 Å². The summed E-state index contributed by atoms with van der Waals surface area (Å²) in [5.74, 6) is 0.738. The van der Waals surface area contributed by atoms with Crippen LogP contribution in [0.2, 0.25) is 0 Å². The second-order valence-electron chi connectivity index (χ2n) is 8.54. The first kappa shape index (κ1) is 21.7. The average Bonchev–Trinajstić information content (AvgIpc) is 3.11. The molecule has 1 aromatic carbocycles. The molecule has 32 heavy (non-hydrogen) atoms. The molecule has 0 saturated heterocycles. The van der Waals surface area contributed by atoms with Crippen molar-refractivity contribution in [2.24, 2.45) is 5.92 Å². The summed E-state index contributed by atoms with van der Waals surface area (Å²) in [4.78, 5) is 43.9. The fourth-order valence-electron chi connectivity index (χ4n) is 4.48. The van der Waals surface area contributed by atoms with Crippen LogP contribution in [0.15, 0.2) is 48.7 Å². The maximum Gasteiger partial charge on any atom is 0.222 e. The highest BCUT2D eigenvalue weighted by Crippen LogP contribution is 2.37. The summed E-state index contributed by atoms with van der Waals surface area (Å²) in [6.45, 7) is 3.04. The van der Waals surface area contributed by atoms with Gasteiger partial charge >= 0.3 is 0 Å². The number of Topliss-reactive ketones (excluding diaryl/α,β-unsaturated/α-hetero) is 2. The highest BCUT2D eigenvalue weighted by molar-refractivity contribution is 6.02. The van der Waals surface area contributed by atoms with Crippen LogP contribution in [-0.4, -0.2) is 27.4 Å². The standard InChI is InChI=1S/C26H27N3O3/c1-16(30)8-9-19-13-22-25(23(32)14-19)21(12-18-6-4-3-5-7-18)26(29-22)20-10-11-27-24(15-20)28-17(2)31/h3-7,10-11,15,19,29H,8-9,12-14H2,1-2H3,(H,27,28,31). The molecule has 1 atom stereocenters. The lowest BCUT2D eigenvalue weighted by Crippen LogP contribution is -2.21. The molecule has 1 unspecified atom stereocenters. The van der Waals surface area contributed by atoms with Crippen molar-refractivity contribution in [3.05, 3.63) is 71.0 Å². The van der Waals surface area contributed by atoms with Gasteiger partial charge in [0, 0.05) is 49.2 Å². The van der Waals surface area contributed by atoms with Crippen LogP contribution >= 0.6 is 0 Å². The number of aromatic nitrogens is 2. The smallest absolute Gasteiger partial charge is 0.222 e. The van der Waals surface area contributed by atoms with Crippen LogP contribution in [0.3, 0.4) is 0 Å².